The van der Waals surface area contributed by atoms with Gasteiger partial charge in [0.1, 0.15) is 5.75 Å². The molecule has 1 saturated heterocycles. The van der Waals surface area contributed by atoms with Crippen molar-refractivity contribution in [2.75, 3.05) is 34.4 Å². The van der Waals surface area contributed by atoms with Gasteiger partial charge in [-0.2, -0.15) is 0 Å². The zero-order valence-electron chi connectivity index (χ0n) is 16.4. The number of aromatic nitrogens is 1. The lowest BCUT2D eigenvalue weighted by molar-refractivity contribution is 0.180. The molecule has 1 fully saturated rings. The van der Waals surface area contributed by atoms with Gasteiger partial charge in [-0.15, -0.1) is 0 Å². The van der Waals surface area contributed by atoms with Gasteiger partial charge in [0, 0.05) is 43.5 Å². The first-order valence-corrected chi connectivity index (χ1v) is 9.38. The van der Waals surface area contributed by atoms with Crippen LogP contribution in [0.5, 0.6) is 17.2 Å². The topological polar surface area (TPSA) is 55.9 Å². The van der Waals surface area contributed by atoms with Crippen LogP contribution in [0.3, 0.4) is 0 Å². The minimum atomic E-state index is 0.445. The molecule has 146 valence electrons. The molecule has 1 unspecified atom stereocenters. The summed E-state index contributed by atoms with van der Waals surface area (Å²) in [7, 11) is 4.96. The van der Waals surface area contributed by atoms with Gasteiger partial charge >= 0.3 is 0 Å². The van der Waals surface area contributed by atoms with E-state index in [1.165, 1.54) is 12.8 Å². The Hall–Kier alpha value is -2.31. The van der Waals surface area contributed by atoms with Crippen molar-refractivity contribution in [2.45, 2.75) is 32.0 Å². The molecule has 0 aliphatic carbocycles. The number of rotatable bonds is 8. The monoisotopic (exact) mass is 371 g/mol. The molecule has 1 aromatic heterocycles. The average Bonchev–Trinajstić information content (AvgIpc) is 2.72. The van der Waals surface area contributed by atoms with Crippen LogP contribution in [-0.4, -0.2) is 50.3 Å². The SMILES string of the molecule is COc1cc(OC)c(OC)cc1CNC1CCCN(Cc2ccccn2)C1. The lowest BCUT2D eigenvalue weighted by atomic mass is 10.0. The Balaban J connectivity index is 1.60. The van der Waals surface area contributed by atoms with E-state index in [1.807, 2.05) is 30.5 Å². The largest absolute Gasteiger partial charge is 0.496 e. The van der Waals surface area contributed by atoms with E-state index < -0.39 is 0 Å². The summed E-state index contributed by atoms with van der Waals surface area (Å²) >= 11 is 0. The molecule has 2 aromatic rings. The number of ether oxygens (including phenoxy) is 3. The van der Waals surface area contributed by atoms with Gasteiger partial charge in [-0.05, 0) is 37.6 Å². The number of likely N-dealkylation sites (tertiary alicyclic amines) is 1. The molecule has 0 saturated carbocycles. The molecule has 27 heavy (non-hydrogen) atoms. The van der Waals surface area contributed by atoms with Crippen LogP contribution in [0, 0.1) is 0 Å². The van der Waals surface area contributed by atoms with Crippen LogP contribution in [0.2, 0.25) is 0 Å². The highest BCUT2D eigenvalue weighted by Gasteiger charge is 2.21. The molecular weight excluding hydrogens is 342 g/mol. The predicted octanol–water partition coefficient (Wildman–Crippen LogP) is 2.86. The normalized spacial score (nSPS) is 17.5. The Labute approximate surface area is 161 Å². The molecule has 6 heteroatoms. The number of hydrogen-bond donors (Lipinski definition) is 1. The highest BCUT2D eigenvalue weighted by atomic mass is 16.5. The molecule has 0 amide bonds. The first-order valence-electron chi connectivity index (χ1n) is 9.38. The Morgan fingerprint density at radius 2 is 1.85 bits per heavy atom. The van der Waals surface area contributed by atoms with Crippen molar-refractivity contribution in [2.24, 2.45) is 0 Å². The fourth-order valence-corrected chi connectivity index (χ4v) is 3.57. The van der Waals surface area contributed by atoms with Crippen LogP contribution in [-0.2, 0) is 13.1 Å². The first-order chi connectivity index (χ1) is 13.2. The smallest absolute Gasteiger partial charge is 0.164 e. The van der Waals surface area contributed by atoms with E-state index in [1.54, 1.807) is 21.3 Å². The van der Waals surface area contributed by atoms with Crippen molar-refractivity contribution in [3.8, 4) is 17.2 Å². The number of benzene rings is 1. The Bertz CT molecular complexity index is 724. The quantitative estimate of drug-likeness (QED) is 0.770. The van der Waals surface area contributed by atoms with Crippen LogP contribution in [0.1, 0.15) is 24.1 Å². The van der Waals surface area contributed by atoms with Crippen molar-refractivity contribution >= 4 is 0 Å². The summed E-state index contributed by atoms with van der Waals surface area (Å²) in [4.78, 5) is 6.91. The number of nitrogens with one attached hydrogen (secondary N) is 1. The van der Waals surface area contributed by atoms with Crippen LogP contribution in [0.4, 0.5) is 0 Å². The zero-order valence-corrected chi connectivity index (χ0v) is 16.4. The number of methoxy groups -OCH3 is 3. The van der Waals surface area contributed by atoms with Crippen molar-refractivity contribution in [1.82, 2.24) is 15.2 Å². The van der Waals surface area contributed by atoms with Crippen molar-refractivity contribution < 1.29 is 14.2 Å². The average molecular weight is 371 g/mol. The second-order valence-corrected chi connectivity index (χ2v) is 6.80. The fraction of sp³-hybridized carbons (Fsp3) is 0.476. The van der Waals surface area contributed by atoms with Gasteiger partial charge in [0.25, 0.3) is 0 Å². The highest BCUT2D eigenvalue weighted by molar-refractivity contribution is 5.50. The molecule has 0 bridgehead atoms. The first kappa shape index (κ1) is 19.5. The van der Waals surface area contributed by atoms with Crippen molar-refractivity contribution in [3.05, 3.63) is 47.8 Å². The lowest BCUT2D eigenvalue weighted by Gasteiger charge is -2.33. The van der Waals surface area contributed by atoms with Gasteiger partial charge in [0.05, 0.1) is 27.0 Å². The Morgan fingerprint density at radius 1 is 1.07 bits per heavy atom. The van der Waals surface area contributed by atoms with Crippen LogP contribution in [0.25, 0.3) is 0 Å². The maximum atomic E-state index is 5.53. The van der Waals surface area contributed by atoms with Crippen molar-refractivity contribution in [1.29, 1.82) is 0 Å². The molecule has 1 aliphatic rings. The fourth-order valence-electron chi connectivity index (χ4n) is 3.57. The molecule has 0 spiro atoms. The summed E-state index contributed by atoms with van der Waals surface area (Å²) in [6.45, 7) is 3.77. The predicted molar refractivity (Wildman–Crippen MR) is 105 cm³/mol. The van der Waals surface area contributed by atoms with Crippen LogP contribution < -0.4 is 19.5 Å². The molecule has 1 N–H and O–H groups in total. The maximum absolute atomic E-state index is 5.53. The van der Waals surface area contributed by atoms with Crippen LogP contribution in [0.15, 0.2) is 36.5 Å². The van der Waals surface area contributed by atoms with Gasteiger partial charge in [0.15, 0.2) is 11.5 Å². The second kappa shape index (κ2) is 9.58. The third-order valence-corrected chi connectivity index (χ3v) is 4.99. The van der Waals surface area contributed by atoms with E-state index >= 15 is 0 Å². The van der Waals surface area contributed by atoms with E-state index in [0.29, 0.717) is 11.8 Å². The van der Waals surface area contributed by atoms with Crippen molar-refractivity contribution in [3.63, 3.8) is 0 Å². The molecule has 1 aliphatic heterocycles. The molecule has 2 heterocycles. The lowest BCUT2D eigenvalue weighted by Crippen LogP contribution is -2.45. The molecule has 1 atom stereocenters. The minimum absolute atomic E-state index is 0.445. The van der Waals surface area contributed by atoms with E-state index in [9.17, 15) is 0 Å². The number of nitrogens with zero attached hydrogens (tertiary/aromatic N) is 2. The number of hydrogen-bond acceptors (Lipinski definition) is 6. The summed E-state index contributed by atoms with van der Waals surface area (Å²) in [5.74, 6) is 2.20. The van der Waals surface area contributed by atoms with E-state index in [0.717, 1.165) is 48.9 Å². The molecular formula is C21H29N3O3. The van der Waals surface area contributed by atoms with Crippen LogP contribution >= 0.6 is 0 Å². The summed E-state index contributed by atoms with van der Waals surface area (Å²) < 4.78 is 16.3. The molecule has 3 rings (SSSR count). The maximum Gasteiger partial charge on any atom is 0.164 e. The van der Waals surface area contributed by atoms with E-state index in [4.69, 9.17) is 14.2 Å². The van der Waals surface area contributed by atoms with Gasteiger partial charge in [-0.3, -0.25) is 9.88 Å². The number of piperidine rings is 1. The zero-order chi connectivity index (χ0) is 19.1. The molecule has 6 nitrogen and oxygen atoms in total. The van der Waals surface area contributed by atoms with Gasteiger partial charge in [0.2, 0.25) is 0 Å². The number of pyridine rings is 1. The standard InChI is InChI=1S/C21H29N3O3/c1-25-19-12-21(27-3)20(26-2)11-16(19)13-23-18-8-6-10-24(15-18)14-17-7-4-5-9-22-17/h4-5,7,9,11-12,18,23H,6,8,10,13-15H2,1-3H3. The summed E-state index contributed by atoms with van der Waals surface area (Å²) in [5.41, 5.74) is 2.19. The van der Waals surface area contributed by atoms with Gasteiger partial charge < -0.3 is 19.5 Å². The third-order valence-electron chi connectivity index (χ3n) is 4.99. The molecule has 1 aromatic carbocycles. The third kappa shape index (κ3) is 5.11. The summed E-state index contributed by atoms with van der Waals surface area (Å²) in [5, 5.41) is 3.68. The second-order valence-electron chi connectivity index (χ2n) is 6.80. The summed E-state index contributed by atoms with van der Waals surface area (Å²) in [6, 6.07) is 10.4. The Kier molecular flexibility index (Phi) is 6.90. The molecule has 0 radical (unpaired) electrons. The minimum Gasteiger partial charge on any atom is -0.496 e. The van der Waals surface area contributed by atoms with Gasteiger partial charge in [-0.25, -0.2) is 0 Å². The Morgan fingerprint density at radius 3 is 2.56 bits per heavy atom. The van der Waals surface area contributed by atoms with Gasteiger partial charge in [-0.1, -0.05) is 6.07 Å². The van der Waals surface area contributed by atoms with E-state index in [2.05, 4.69) is 21.3 Å². The van der Waals surface area contributed by atoms with E-state index in [-0.39, 0.29) is 0 Å². The summed E-state index contributed by atoms with van der Waals surface area (Å²) in [6.07, 6.45) is 4.22. The highest BCUT2D eigenvalue weighted by Crippen LogP contribution is 2.34.